The van der Waals surface area contributed by atoms with Crippen LogP contribution >= 0.6 is 15.9 Å². The number of halogens is 1. The number of hydrogen-bond acceptors (Lipinski definition) is 4. The van der Waals surface area contributed by atoms with Gasteiger partial charge < -0.3 is 19.7 Å². The van der Waals surface area contributed by atoms with Gasteiger partial charge in [-0.05, 0) is 49.2 Å². The maximum absolute atomic E-state index is 12.5. The highest BCUT2D eigenvalue weighted by Gasteiger charge is 2.19. The lowest BCUT2D eigenvalue weighted by Crippen LogP contribution is -2.33. The number of carbonyl (C=O) groups excluding carboxylic acids is 2. The summed E-state index contributed by atoms with van der Waals surface area (Å²) in [5.41, 5.74) is 1.17. The Hall–Kier alpha value is -2.38. The first-order valence-electron chi connectivity index (χ1n) is 9.18. The number of ether oxygens (including phenoxy) is 2. The lowest BCUT2D eigenvalue weighted by atomic mass is 10.1. The molecule has 0 bridgehead atoms. The Morgan fingerprint density at radius 3 is 2.68 bits per heavy atom. The minimum atomic E-state index is -0.236. The fraction of sp³-hybridized carbons (Fsp3) is 0.333. The quantitative estimate of drug-likeness (QED) is 0.707. The van der Waals surface area contributed by atoms with Gasteiger partial charge in [-0.2, -0.15) is 0 Å². The Morgan fingerprint density at radius 2 is 1.96 bits per heavy atom. The van der Waals surface area contributed by atoms with Crippen molar-refractivity contribution in [1.82, 2.24) is 5.32 Å². The number of nitrogens with zero attached hydrogens (tertiary/aromatic N) is 1. The van der Waals surface area contributed by atoms with E-state index in [2.05, 4.69) is 21.2 Å². The summed E-state index contributed by atoms with van der Waals surface area (Å²) in [5.74, 6) is -0.0680. The van der Waals surface area contributed by atoms with E-state index in [1.54, 1.807) is 31.3 Å². The first-order valence-corrected chi connectivity index (χ1v) is 9.97. The van der Waals surface area contributed by atoms with Gasteiger partial charge in [-0.25, -0.2) is 0 Å². The first-order chi connectivity index (χ1) is 13.5. The zero-order valence-corrected chi connectivity index (χ0v) is 17.3. The third-order valence-corrected chi connectivity index (χ3v) is 5.11. The summed E-state index contributed by atoms with van der Waals surface area (Å²) in [5, 5.41) is 2.88. The fourth-order valence-corrected chi connectivity index (χ4v) is 3.20. The Labute approximate surface area is 172 Å². The fourth-order valence-electron chi connectivity index (χ4n) is 2.93. The Kier molecular flexibility index (Phi) is 7.06. The zero-order valence-electron chi connectivity index (χ0n) is 15.7. The second kappa shape index (κ2) is 9.71. The van der Waals surface area contributed by atoms with Gasteiger partial charge in [0.1, 0.15) is 5.75 Å². The summed E-state index contributed by atoms with van der Waals surface area (Å²) in [4.78, 5) is 26.5. The van der Waals surface area contributed by atoms with E-state index in [1.165, 1.54) is 4.90 Å². The van der Waals surface area contributed by atoms with E-state index in [4.69, 9.17) is 9.47 Å². The average Bonchev–Trinajstić information content (AvgIpc) is 3.24. The van der Waals surface area contributed by atoms with Crippen molar-refractivity contribution < 1.29 is 19.1 Å². The summed E-state index contributed by atoms with van der Waals surface area (Å²) in [6.07, 6.45) is 2.04. The van der Waals surface area contributed by atoms with Crippen LogP contribution in [0.1, 0.15) is 23.2 Å². The lowest BCUT2D eigenvalue weighted by molar-refractivity contribution is -0.120. The van der Waals surface area contributed by atoms with Gasteiger partial charge in [0.25, 0.3) is 11.8 Å². The molecule has 1 saturated heterocycles. The van der Waals surface area contributed by atoms with Crippen LogP contribution in [0.25, 0.3) is 0 Å². The molecule has 1 fully saturated rings. The van der Waals surface area contributed by atoms with E-state index in [0.717, 1.165) is 29.6 Å². The summed E-state index contributed by atoms with van der Waals surface area (Å²) in [7, 11) is 1.69. The normalized spacial score (nSPS) is 15.9. The van der Waals surface area contributed by atoms with E-state index in [1.807, 2.05) is 24.3 Å². The molecule has 0 unspecified atom stereocenters. The molecule has 0 spiro atoms. The summed E-state index contributed by atoms with van der Waals surface area (Å²) in [6, 6.07) is 14.3. The van der Waals surface area contributed by atoms with Crippen LogP contribution < -0.4 is 15.0 Å². The number of likely N-dealkylation sites (N-methyl/N-ethyl adjacent to an activating group) is 1. The number of para-hydroxylation sites is 1. The van der Waals surface area contributed by atoms with E-state index >= 15 is 0 Å². The van der Waals surface area contributed by atoms with Gasteiger partial charge in [-0.3, -0.25) is 9.59 Å². The third-order valence-electron chi connectivity index (χ3n) is 4.59. The zero-order chi connectivity index (χ0) is 19.9. The number of nitrogens with one attached hydrogen (secondary N) is 1. The van der Waals surface area contributed by atoms with Crippen molar-refractivity contribution >= 4 is 33.4 Å². The highest BCUT2D eigenvalue weighted by atomic mass is 79.9. The maximum Gasteiger partial charge on any atom is 0.264 e. The average molecular weight is 447 g/mol. The molecule has 2 aromatic carbocycles. The topological polar surface area (TPSA) is 67.9 Å². The van der Waals surface area contributed by atoms with E-state index in [-0.39, 0.29) is 24.5 Å². The van der Waals surface area contributed by atoms with Crippen molar-refractivity contribution in [3.63, 3.8) is 0 Å². The van der Waals surface area contributed by atoms with Gasteiger partial charge in [0, 0.05) is 30.4 Å². The molecule has 3 rings (SSSR count). The number of amides is 2. The molecule has 1 aliphatic rings. The Balaban J connectivity index is 1.58. The lowest BCUT2D eigenvalue weighted by Gasteiger charge is -2.18. The molecule has 6 nitrogen and oxygen atoms in total. The predicted octanol–water partition coefficient (Wildman–Crippen LogP) is 3.40. The minimum Gasteiger partial charge on any atom is -0.483 e. The predicted molar refractivity (Wildman–Crippen MR) is 111 cm³/mol. The van der Waals surface area contributed by atoms with Gasteiger partial charge in [0.05, 0.1) is 11.7 Å². The van der Waals surface area contributed by atoms with Crippen LogP contribution in [0.3, 0.4) is 0 Å². The molecule has 1 N–H and O–H groups in total. The van der Waals surface area contributed by atoms with Crippen LogP contribution in [0.2, 0.25) is 0 Å². The van der Waals surface area contributed by atoms with Crippen molar-refractivity contribution in [3.05, 3.63) is 58.6 Å². The highest BCUT2D eigenvalue weighted by Crippen LogP contribution is 2.20. The monoisotopic (exact) mass is 446 g/mol. The molecule has 1 aliphatic heterocycles. The minimum absolute atomic E-state index is 0.0677. The number of anilines is 1. The van der Waals surface area contributed by atoms with Crippen molar-refractivity contribution in [3.8, 4) is 5.75 Å². The molecule has 1 heterocycles. The molecule has 1 atom stereocenters. The van der Waals surface area contributed by atoms with Gasteiger partial charge >= 0.3 is 0 Å². The van der Waals surface area contributed by atoms with Gasteiger partial charge in [-0.1, -0.05) is 28.1 Å². The summed E-state index contributed by atoms with van der Waals surface area (Å²) in [6.45, 7) is 1.05. The SMILES string of the molecule is CN(C(=O)COc1ccccc1C(=O)NC[C@@H]1CCCO1)c1ccc(Br)cc1. The molecule has 0 saturated carbocycles. The molecule has 0 aromatic heterocycles. The molecule has 0 radical (unpaired) electrons. The molecule has 28 heavy (non-hydrogen) atoms. The molecule has 2 aromatic rings. The van der Waals surface area contributed by atoms with Crippen molar-refractivity contribution in [2.24, 2.45) is 0 Å². The van der Waals surface area contributed by atoms with Crippen molar-refractivity contribution in [2.75, 3.05) is 31.7 Å². The molecule has 148 valence electrons. The van der Waals surface area contributed by atoms with Crippen LogP contribution in [0.5, 0.6) is 5.75 Å². The highest BCUT2D eigenvalue weighted by molar-refractivity contribution is 9.10. The van der Waals surface area contributed by atoms with Crippen molar-refractivity contribution in [2.45, 2.75) is 18.9 Å². The third kappa shape index (κ3) is 5.33. The first kappa shape index (κ1) is 20.4. The molecule has 0 aliphatic carbocycles. The Bertz CT molecular complexity index is 819. The summed E-state index contributed by atoms with van der Waals surface area (Å²) >= 11 is 3.37. The van der Waals surface area contributed by atoms with Crippen molar-refractivity contribution in [1.29, 1.82) is 0 Å². The second-order valence-corrected chi connectivity index (χ2v) is 7.47. The van der Waals surface area contributed by atoms with Crippen LogP contribution in [-0.2, 0) is 9.53 Å². The van der Waals surface area contributed by atoms with Crippen LogP contribution in [-0.4, -0.2) is 44.7 Å². The van der Waals surface area contributed by atoms with E-state index in [9.17, 15) is 9.59 Å². The standard InChI is InChI=1S/C21H23BrN2O4/c1-24(16-10-8-15(22)9-11-16)20(25)14-28-19-7-3-2-6-18(19)21(26)23-13-17-5-4-12-27-17/h2-3,6-11,17H,4-5,12-14H2,1H3,(H,23,26)/t17-/m0/s1. The largest absolute Gasteiger partial charge is 0.483 e. The second-order valence-electron chi connectivity index (χ2n) is 6.56. The Morgan fingerprint density at radius 1 is 1.21 bits per heavy atom. The van der Waals surface area contributed by atoms with Gasteiger partial charge in [0.2, 0.25) is 0 Å². The van der Waals surface area contributed by atoms with Crippen LogP contribution in [0.4, 0.5) is 5.69 Å². The summed E-state index contributed by atoms with van der Waals surface area (Å²) < 4.78 is 12.1. The molecular weight excluding hydrogens is 424 g/mol. The van der Waals surface area contributed by atoms with Gasteiger partial charge in [-0.15, -0.1) is 0 Å². The maximum atomic E-state index is 12.5. The molecular formula is C21H23BrN2O4. The van der Waals surface area contributed by atoms with Crippen LogP contribution in [0, 0.1) is 0 Å². The van der Waals surface area contributed by atoms with Gasteiger partial charge in [0.15, 0.2) is 6.61 Å². The van der Waals surface area contributed by atoms with Crippen LogP contribution in [0.15, 0.2) is 53.0 Å². The number of rotatable bonds is 7. The van der Waals surface area contributed by atoms with E-state index < -0.39 is 0 Å². The molecule has 2 amide bonds. The number of carbonyl (C=O) groups is 2. The number of hydrogen-bond donors (Lipinski definition) is 1. The van der Waals surface area contributed by atoms with E-state index in [0.29, 0.717) is 17.9 Å². The smallest absolute Gasteiger partial charge is 0.264 e. The number of benzene rings is 2. The molecule has 7 heteroatoms.